The molecule has 0 amide bonds. The fourth-order valence-corrected chi connectivity index (χ4v) is 2.42. The Morgan fingerprint density at radius 3 is 3.00 bits per heavy atom. The van der Waals surface area contributed by atoms with E-state index in [0.717, 1.165) is 37.4 Å². The van der Waals surface area contributed by atoms with Crippen LogP contribution in [0.4, 0.5) is 0 Å². The second-order valence-corrected chi connectivity index (χ2v) is 4.84. The molecule has 1 saturated carbocycles. The molecule has 2 atom stereocenters. The monoisotopic (exact) mass is 235 g/mol. The van der Waals surface area contributed by atoms with Crippen molar-refractivity contribution in [2.75, 3.05) is 6.54 Å². The fraction of sp³-hybridized carbons (Fsp3) is 0.692. The number of aliphatic hydroxyl groups is 1. The zero-order valence-corrected chi connectivity index (χ0v) is 10.4. The van der Waals surface area contributed by atoms with Crippen molar-refractivity contribution in [3.8, 4) is 0 Å². The van der Waals surface area contributed by atoms with Gasteiger partial charge in [0.1, 0.15) is 5.82 Å². The number of hydrogen-bond acceptors (Lipinski definition) is 4. The average Bonchev–Trinajstić information content (AvgIpc) is 2.32. The normalized spacial score (nSPS) is 24.8. The summed E-state index contributed by atoms with van der Waals surface area (Å²) in [4.78, 5) is 8.41. The molecule has 1 aromatic rings. The molecule has 0 bridgehead atoms. The predicted molar refractivity (Wildman–Crippen MR) is 66.4 cm³/mol. The molecule has 94 valence electrons. The van der Waals surface area contributed by atoms with Gasteiger partial charge in [0.15, 0.2) is 0 Å². The summed E-state index contributed by atoms with van der Waals surface area (Å²) in [7, 11) is 0. The van der Waals surface area contributed by atoms with Crippen LogP contribution in [-0.4, -0.2) is 27.7 Å². The maximum atomic E-state index is 9.84. The number of nitrogens with one attached hydrogen (secondary N) is 1. The molecular formula is C13H21N3O. The first-order valence-electron chi connectivity index (χ1n) is 6.43. The van der Waals surface area contributed by atoms with Gasteiger partial charge in [-0.1, -0.05) is 12.8 Å². The molecule has 1 aliphatic carbocycles. The predicted octanol–water partition coefficient (Wildman–Crippen LogP) is 1.43. The Morgan fingerprint density at radius 2 is 2.24 bits per heavy atom. The van der Waals surface area contributed by atoms with Gasteiger partial charge in [-0.3, -0.25) is 0 Å². The minimum absolute atomic E-state index is 0.122. The molecule has 0 spiro atoms. The molecular weight excluding hydrogens is 214 g/mol. The van der Waals surface area contributed by atoms with Crippen LogP contribution in [0.15, 0.2) is 12.3 Å². The minimum atomic E-state index is -0.122. The maximum absolute atomic E-state index is 9.84. The first kappa shape index (κ1) is 12.5. The summed E-state index contributed by atoms with van der Waals surface area (Å²) in [6, 6.07) is 1.93. The first-order valence-corrected chi connectivity index (χ1v) is 6.43. The Balaban J connectivity index is 1.75. The highest BCUT2D eigenvalue weighted by Gasteiger charge is 2.22. The van der Waals surface area contributed by atoms with Gasteiger partial charge in [0.25, 0.3) is 0 Å². The van der Waals surface area contributed by atoms with Gasteiger partial charge < -0.3 is 10.4 Å². The molecule has 0 aromatic carbocycles. The fourth-order valence-electron chi connectivity index (χ4n) is 2.42. The van der Waals surface area contributed by atoms with Crippen molar-refractivity contribution in [3.05, 3.63) is 23.8 Å². The van der Waals surface area contributed by atoms with Crippen molar-refractivity contribution in [2.45, 2.75) is 45.3 Å². The second-order valence-electron chi connectivity index (χ2n) is 4.84. The van der Waals surface area contributed by atoms with Crippen LogP contribution in [0.5, 0.6) is 0 Å². The number of aromatic nitrogens is 2. The summed E-state index contributed by atoms with van der Waals surface area (Å²) in [6.45, 7) is 3.53. The lowest BCUT2D eigenvalue weighted by Crippen LogP contribution is -2.33. The molecule has 0 saturated heterocycles. The van der Waals surface area contributed by atoms with Crippen molar-refractivity contribution in [3.63, 3.8) is 0 Å². The molecule has 1 aromatic heterocycles. The lowest BCUT2D eigenvalue weighted by Gasteiger charge is -2.27. The standard InChI is InChI=1S/C13H21N3O/c1-10-15-7-6-12(16-10)9-14-8-11-4-2-3-5-13(11)17/h6-7,11,13-14,17H,2-5,8-9H2,1H3. The topological polar surface area (TPSA) is 58.0 Å². The molecule has 0 radical (unpaired) electrons. The summed E-state index contributed by atoms with van der Waals surface area (Å²) in [5.74, 6) is 1.22. The minimum Gasteiger partial charge on any atom is -0.393 e. The number of aryl methyl sites for hydroxylation is 1. The number of aliphatic hydroxyl groups excluding tert-OH is 1. The van der Waals surface area contributed by atoms with Crippen LogP contribution in [0, 0.1) is 12.8 Å². The zero-order valence-electron chi connectivity index (χ0n) is 10.4. The van der Waals surface area contributed by atoms with Crippen LogP contribution in [0.1, 0.15) is 37.2 Å². The summed E-state index contributed by atoms with van der Waals surface area (Å²) < 4.78 is 0. The zero-order chi connectivity index (χ0) is 12.1. The number of nitrogens with zero attached hydrogens (tertiary/aromatic N) is 2. The number of hydrogen-bond donors (Lipinski definition) is 2. The van der Waals surface area contributed by atoms with Crippen molar-refractivity contribution in [1.82, 2.24) is 15.3 Å². The number of rotatable bonds is 4. The van der Waals surface area contributed by atoms with E-state index in [1.54, 1.807) is 6.20 Å². The summed E-state index contributed by atoms with van der Waals surface area (Å²) in [5, 5.41) is 13.2. The third kappa shape index (κ3) is 3.75. The Hall–Kier alpha value is -1.00. The van der Waals surface area contributed by atoms with Crippen LogP contribution in [0.2, 0.25) is 0 Å². The van der Waals surface area contributed by atoms with E-state index in [1.807, 2.05) is 13.0 Å². The maximum Gasteiger partial charge on any atom is 0.125 e. The van der Waals surface area contributed by atoms with Crippen LogP contribution in [-0.2, 0) is 6.54 Å². The molecule has 2 N–H and O–H groups in total. The van der Waals surface area contributed by atoms with Crippen LogP contribution < -0.4 is 5.32 Å². The van der Waals surface area contributed by atoms with Gasteiger partial charge in [0.2, 0.25) is 0 Å². The third-order valence-corrected chi connectivity index (χ3v) is 3.42. The smallest absolute Gasteiger partial charge is 0.125 e. The van der Waals surface area contributed by atoms with Crippen molar-refractivity contribution in [1.29, 1.82) is 0 Å². The van der Waals surface area contributed by atoms with Gasteiger partial charge >= 0.3 is 0 Å². The van der Waals surface area contributed by atoms with Crippen LogP contribution >= 0.6 is 0 Å². The van der Waals surface area contributed by atoms with Crippen LogP contribution in [0.3, 0.4) is 0 Å². The molecule has 1 fully saturated rings. The van der Waals surface area contributed by atoms with E-state index < -0.39 is 0 Å². The summed E-state index contributed by atoms with van der Waals surface area (Å²) in [6.07, 6.45) is 6.17. The SMILES string of the molecule is Cc1nccc(CNCC2CCCCC2O)n1. The van der Waals surface area contributed by atoms with Gasteiger partial charge in [0.05, 0.1) is 11.8 Å². The van der Waals surface area contributed by atoms with E-state index in [-0.39, 0.29) is 6.10 Å². The molecule has 2 rings (SSSR count). The largest absolute Gasteiger partial charge is 0.393 e. The van der Waals surface area contributed by atoms with E-state index in [4.69, 9.17) is 0 Å². The third-order valence-electron chi connectivity index (χ3n) is 3.42. The lowest BCUT2D eigenvalue weighted by molar-refractivity contribution is 0.0694. The summed E-state index contributed by atoms with van der Waals surface area (Å²) in [5.41, 5.74) is 1.02. The van der Waals surface area contributed by atoms with Gasteiger partial charge in [-0.05, 0) is 31.7 Å². The van der Waals surface area contributed by atoms with E-state index in [2.05, 4.69) is 15.3 Å². The van der Waals surface area contributed by atoms with E-state index in [9.17, 15) is 5.11 Å². The van der Waals surface area contributed by atoms with Crippen molar-refractivity contribution < 1.29 is 5.11 Å². The highest BCUT2D eigenvalue weighted by Crippen LogP contribution is 2.23. The Kier molecular flexibility index (Phi) is 4.45. The van der Waals surface area contributed by atoms with Gasteiger partial charge in [-0.25, -0.2) is 9.97 Å². The first-order chi connectivity index (χ1) is 8.25. The molecule has 4 nitrogen and oxygen atoms in total. The van der Waals surface area contributed by atoms with E-state index in [1.165, 1.54) is 12.8 Å². The average molecular weight is 235 g/mol. The van der Waals surface area contributed by atoms with E-state index >= 15 is 0 Å². The molecule has 17 heavy (non-hydrogen) atoms. The highest BCUT2D eigenvalue weighted by molar-refractivity contribution is 5.01. The van der Waals surface area contributed by atoms with Crippen molar-refractivity contribution >= 4 is 0 Å². The molecule has 1 aliphatic rings. The molecule has 1 heterocycles. The summed E-state index contributed by atoms with van der Waals surface area (Å²) >= 11 is 0. The van der Waals surface area contributed by atoms with Gasteiger partial charge in [0, 0.05) is 19.3 Å². The quantitative estimate of drug-likeness (QED) is 0.829. The van der Waals surface area contributed by atoms with E-state index in [0.29, 0.717) is 5.92 Å². The Morgan fingerprint density at radius 1 is 1.41 bits per heavy atom. The second kappa shape index (κ2) is 6.07. The highest BCUT2D eigenvalue weighted by atomic mass is 16.3. The van der Waals surface area contributed by atoms with Crippen LogP contribution in [0.25, 0.3) is 0 Å². The van der Waals surface area contributed by atoms with Crippen molar-refractivity contribution in [2.24, 2.45) is 5.92 Å². The Bertz CT molecular complexity index is 356. The molecule has 0 aliphatic heterocycles. The Labute approximate surface area is 102 Å². The van der Waals surface area contributed by atoms with Gasteiger partial charge in [-0.2, -0.15) is 0 Å². The molecule has 4 heteroatoms. The molecule has 2 unspecified atom stereocenters. The van der Waals surface area contributed by atoms with Gasteiger partial charge in [-0.15, -0.1) is 0 Å². The lowest BCUT2D eigenvalue weighted by atomic mass is 9.86.